The van der Waals surface area contributed by atoms with Crippen LogP contribution in [0.1, 0.15) is 12.5 Å². The predicted molar refractivity (Wildman–Crippen MR) is 79.7 cm³/mol. The number of ether oxygens (including phenoxy) is 1. The number of hydrogen-bond acceptors (Lipinski definition) is 2. The van der Waals surface area contributed by atoms with Crippen LogP contribution in [0.15, 0.2) is 39.3 Å². The van der Waals surface area contributed by atoms with E-state index in [0.29, 0.717) is 6.61 Å². The molecular formula is C14H12Br2O2. The normalized spacial score (nSPS) is 10.6. The number of hydrogen-bond donors (Lipinski definition) is 0. The molecule has 0 unspecified atom stereocenters. The fourth-order valence-corrected chi connectivity index (χ4v) is 2.71. The molecule has 94 valence electrons. The molecule has 0 amide bonds. The maximum absolute atomic E-state index is 11.6. The van der Waals surface area contributed by atoms with E-state index < -0.39 is 0 Å². The zero-order valence-corrected chi connectivity index (χ0v) is 13.0. The van der Waals surface area contributed by atoms with Gasteiger partial charge in [-0.2, -0.15) is 0 Å². The number of esters is 1. The van der Waals surface area contributed by atoms with Crippen LogP contribution in [0.25, 0.3) is 10.8 Å². The summed E-state index contributed by atoms with van der Waals surface area (Å²) >= 11 is 6.96. The molecule has 0 N–H and O–H groups in total. The Balaban J connectivity index is 2.50. The molecule has 2 aromatic carbocycles. The van der Waals surface area contributed by atoms with E-state index in [1.807, 2.05) is 37.3 Å². The summed E-state index contributed by atoms with van der Waals surface area (Å²) in [6.45, 7) is 2.22. The summed E-state index contributed by atoms with van der Waals surface area (Å²) in [5.41, 5.74) is 0.965. The van der Waals surface area contributed by atoms with Crippen molar-refractivity contribution in [3.05, 3.63) is 44.8 Å². The predicted octanol–water partition coefficient (Wildman–Crippen LogP) is 4.47. The lowest BCUT2D eigenvalue weighted by Crippen LogP contribution is -2.08. The van der Waals surface area contributed by atoms with Crippen LogP contribution < -0.4 is 0 Å². The highest BCUT2D eigenvalue weighted by Crippen LogP contribution is 2.29. The summed E-state index contributed by atoms with van der Waals surface area (Å²) in [4.78, 5) is 11.6. The van der Waals surface area contributed by atoms with Gasteiger partial charge in [0.05, 0.1) is 13.0 Å². The summed E-state index contributed by atoms with van der Waals surface area (Å²) in [6, 6.07) is 10.0. The van der Waals surface area contributed by atoms with Gasteiger partial charge in [-0.05, 0) is 41.5 Å². The van der Waals surface area contributed by atoms with Crippen molar-refractivity contribution < 1.29 is 9.53 Å². The van der Waals surface area contributed by atoms with Crippen LogP contribution in [0.2, 0.25) is 0 Å². The molecule has 0 radical (unpaired) electrons. The van der Waals surface area contributed by atoms with E-state index in [2.05, 4.69) is 31.9 Å². The molecule has 0 aliphatic heterocycles. The lowest BCUT2D eigenvalue weighted by atomic mass is 10.0. The molecule has 0 aliphatic carbocycles. The zero-order chi connectivity index (χ0) is 13.1. The van der Waals surface area contributed by atoms with Crippen molar-refractivity contribution in [1.82, 2.24) is 0 Å². The molecule has 0 aromatic heterocycles. The number of carbonyl (C=O) groups is 1. The average molecular weight is 372 g/mol. The summed E-state index contributed by atoms with van der Waals surface area (Å²) < 4.78 is 6.94. The Kier molecular flexibility index (Phi) is 4.40. The number of rotatable bonds is 3. The van der Waals surface area contributed by atoms with Crippen molar-refractivity contribution in [2.24, 2.45) is 0 Å². The third kappa shape index (κ3) is 2.93. The SMILES string of the molecule is CCOC(=O)Cc1c(Br)ccc2ccc(Br)cc12. The fraction of sp³-hybridized carbons (Fsp3) is 0.214. The Hall–Kier alpha value is -0.870. The monoisotopic (exact) mass is 370 g/mol. The van der Waals surface area contributed by atoms with Gasteiger partial charge in [0.2, 0.25) is 0 Å². The highest BCUT2D eigenvalue weighted by Gasteiger charge is 2.11. The van der Waals surface area contributed by atoms with Gasteiger partial charge in [0.15, 0.2) is 0 Å². The smallest absolute Gasteiger partial charge is 0.310 e. The first-order valence-electron chi connectivity index (χ1n) is 5.64. The zero-order valence-electron chi connectivity index (χ0n) is 9.87. The van der Waals surface area contributed by atoms with E-state index in [1.165, 1.54) is 0 Å². The van der Waals surface area contributed by atoms with E-state index in [-0.39, 0.29) is 12.4 Å². The van der Waals surface area contributed by atoms with E-state index in [4.69, 9.17) is 4.74 Å². The Bertz CT molecular complexity index is 588. The maximum atomic E-state index is 11.6. The molecule has 0 spiro atoms. The molecule has 0 aliphatic rings. The molecule has 0 saturated heterocycles. The van der Waals surface area contributed by atoms with E-state index in [1.54, 1.807) is 0 Å². The van der Waals surface area contributed by atoms with Crippen LogP contribution in [-0.4, -0.2) is 12.6 Å². The Morgan fingerprint density at radius 2 is 1.94 bits per heavy atom. The van der Waals surface area contributed by atoms with Crippen molar-refractivity contribution in [3.63, 3.8) is 0 Å². The third-order valence-electron chi connectivity index (χ3n) is 2.66. The summed E-state index contributed by atoms with van der Waals surface area (Å²) in [5, 5.41) is 2.17. The fourth-order valence-electron chi connectivity index (χ4n) is 1.86. The highest BCUT2D eigenvalue weighted by molar-refractivity contribution is 9.10. The Morgan fingerprint density at radius 1 is 1.22 bits per heavy atom. The van der Waals surface area contributed by atoms with Crippen molar-refractivity contribution in [2.75, 3.05) is 6.61 Å². The molecule has 2 nitrogen and oxygen atoms in total. The first-order chi connectivity index (χ1) is 8.61. The van der Waals surface area contributed by atoms with Gasteiger partial charge in [0, 0.05) is 8.95 Å². The third-order valence-corrected chi connectivity index (χ3v) is 3.90. The molecular weight excluding hydrogens is 360 g/mol. The molecule has 0 bridgehead atoms. The molecule has 0 atom stereocenters. The van der Waals surface area contributed by atoms with E-state index >= 15 is 0 Å². The minimum Gasteiger partial charge on any atom is -0.466 e. The summed E-state index contributed by atoms with van der Waals surface area (Å²) in [7, 11) is 0. The van der Waals surface area contributed by atoms with E-state index in [9.17, 15) is 4.79 Å². The van der Waals surface area contributed by atoms with Crippen molar-refractivity contribution >= 4 is 48.6 Å². The minimum atomic E-state index is -0.203. The van der Waals surface area contributed by atoms with Gasteiger partial charge in [-0.25, -0.2) is 0 Å². The van der Waals surface area contributed by atoms with Crippen molar-refractivity contribution in [2.45, 2.75) is 13.3 Å². The standard InChI is InChI=1S/C14H12Br2O2/c1-2-18-14(17)8-12-11-7-10(15)5-3-9(11)4-6-13(12)16/h3-7H,2,8H2,1H3. The van der Waals surface area contributed by atoms with Crippen molar-refractivity contribution in [1.29, 1.82) is 0 Å². The van der Waals surface area contributed by atoms with Crippen LogP contribution >= 0.6 is 31.9 Å². The van der Waals surface area contributed by atoms with Crippen LogP contribution in [0.5, 0.6) is 0 Å². The second kappa shape index (κ2) is 5.85. The molecule has 18 heavy (non-hydrogen) atoms. The first kappa shape index (κ1) is 13.6. The Morgan fingerprint density at radius 3 is 2.67 bits per heavy atom. The Labute approximate surface area is 123 Å². The van der Waals surface area contributed by atoms with Gasteiger partial charge in [-0.15, -0.1) is 0 Å². The lowest BCUT2D eigenvalue weighted by molar-refractivity contribution is -0.142. The van der Waals surface area contributed by atoms with Crippen LogP contribution in [0, 0.1) is 0 Å². The number of fused-ring (bicyclic) bond motifs is 1. The molecule has 0 fully saturated rings. The molecule has 2 rings (SSSR count). The van der Waals surface area contributed by atoms with Crippen LogP contribution in [-0.2, 0) is 16.0 Å². The van der Waals surface area contributed by atoms with Gasteiger partial charge < -0.3 is 4.74 Å². The number of halogens is 2. The largest absolute Gasteiger partial charge is 0.466 e. The molecule has 0 heterocycles. The van der Waals surface area contributed by atoms with Gasteiger partial charge in [-0.3, -0.25) is 4.79 Å². The minimum absolute atomic E-state index is 0.203. The van der Waals surface area contributed by atoms with Gasteiger partial charge in [0.1, 0.15) is 0 Å². The molecule has 2 aromatic rings. The quantitative estimate of drug-likeness (QED) is 0.744. The average Bonchev–Trinajstić information content (AvgIpc) is 2.33. The second-order valence-corrected chi connectivity index (χ2v) is 5.64. The lowest BCUT2D eigenvalue weighted by Gasteiger charge is -2.09. The van der Waals surface area contributed by atoms with Crippen molar-refractivity contribution in [3.8, 4) is 0 Å². The molecule has 4 heteroatoms. The second-order valence-electron chi connectivity index (χ2n) is 3.87. The number of carbonyl (C=O) groups excluding carboxylic acids is 1. The summed E-state index contributed by atoms with van der Waals surface area (Å²) in [5.74, 6) is -0.203. The van der Waals surface area contributed by atoms with E-state index in [0.717, 1.165) is 25.3 Å². The topological polar surface area (TPSA) is 26.3 Å². The molecule has 0 saturated carbocycles. The summed E-state index contributed by atoms with van der Waals surface area (Å²) in [6.07, 6.45) is 0.280. The van der Waals surface area contributed by atoms with Gasteiger partial charge >= 0.3 is 5.97 Å². The van der Waals surface area contributed by atoms with Gasteiger partial charge in [0.25, 0.3) is 0 Å². The van der Waals surface area contributed by atoms with Gasteiger partial charge in [-0.1, -0.05) is 44.0 Å². The highest BCUT2D eigenvalue weighted by atomic mass is 79.9. The van der Waals surface area contributed by atoms with Crippen LogP contribution in [0.3, 0.4) is 0 Å². The number of benzene rings is 2. The maximum Gasteiger partial charge on any atom is 0.310 e. The first-order valence-corrected chi connectivity index (χ1v) is 7.22. The van der Waals surface area contributed by atoms with Crippen LogP contribution in [0.4, 0.5) is 0 Å².